The van der Waals surface area contributed by atoms with Crippen molar-refractivity contribution >= 4 is 11.8 Å². The number of nitrogens with zero attached hydrogens (tertiary/aromatic N) is 4. The molecule has 0 atom stereocenters. The molecule has 0 saturated carbocycles. The van der Waals surface area contributed by atoms with Crippen LogP contribution in [0.1, 0.15) is 83.2 Å². The van der Waals surface area contributed by atoms with Crippen LogP contribution in [0.4, 0.5) is 0 Å². The van der Waals surface area contributed by atoms with Crippen molar-refractivity contribution in [1.29, 1.82) is 0 Å². The molecule has 2 fully saturated rings. The van der Waals surface area contributed by atoms with E-state index in [9.17, 15) is 9.59 Å². The van der Waals surface area contributed by atoms with Crippen molar-refractivity contribution in [3.8, 4) is 11.5 Å². The number of methoxy groups -OCH3 is 2. The van der Waals surface area contributed by atoms with Crippen molar-refractivity contribution in [3.63, 3.8) is 0 Å². The molecular weight excluding hydrogens is 767 g/mol. The maximum atomic E-state index is 13.2. The summed E-state index contributed by atoms with van der Waals surface area (Å²) < 4.78 is 13.5. The summed E-state index contributed by atoms with van der Waals surface area (Å²) in [5, 5.41) is 0. The fourth-order valence-electron chi connectivity index (χ4n) is 8.98. The molecule has 58 heavy (non-hydrogen) atoms. The smallest absolute Gasteiger partial charge is 0.254 e. The van der Waals surface area contributed by atoms with Gasteiger partial charge in [0.25, 0.3) is 11.8 Å². The lowest BCUT2D eigenvalue weighted by atomic mass is 10.0. The van der Waals surface area contributed by atoms with Gasteiger partial charge in [0.15, 0.2) is 0 Å². The highest BCUT2D eigenvalue weighted by atomic mass is 35.5. The van der Waals surface area contributed by atoms with Crippen molar-refractivity contribution in [2.75, 3.05) is 79.7 Å². The summed E-state index contributed by atoms with van der Waals surface area (Å²) in [6.45, 7) is 11.1. The second kappa shape index (κ2) is 23.5. The Morgan fingerprint density at radius 1 is 0.466 bits per heavy atom. The number of hydrogen-bond acceptors (Lipinski definition) is 4. The number of rotatable bonds is 19. The zero-order valence-corrected chi connectivity index (χ0v) is 36.2. The van der Waals surface area contributed by atoms with Gasteiger partial charge < -0.3 is 53.1 Å². The molecule has 2 amide bonds. The normalized spacial score (nSPS) is 15.8. The van der Waals surface area contributed by atoms with E-state index in [-0.39, 0.29) is 36.6 Å². The minimum absolute atomic E-state index is 0. The summed E-state index contributed by atoms with van der Waals surface area (Å²) in [6.07, 6.45) is 10.0. The first-order chi connectivity index (χ1) is 27.4. The lowest BCUT2D eigenvalue weighted by Crippen LogP contribution is -3.00. The molecule has 0 unspecified atom stereocenters. The Labute approximate surface area is 360 Å². The van der Waals surface area contributed by atoms with Crippen LogP contribution in [0.2, 0.25) is 0 Å². The van der Waals surface area contributed by atoms with Crippen LogP contribution in [0, 0.1) is 0 Å². The molecule has 0 aliphatic carbocycles. The van der Waals surface area contributed by atoms with E-state index in [1.54, 1.807) is 14.2 Å². The van der Waals surface area contributed by atoms with Gasteiger partial charge in [-0.25, -0.2) is 0 Å². The molecule has 0 radical (unpaired) electrons. The lowest BCUT2D eigenvalue weighted by molar-refractivity contribution is -0.944. The first kappa shape index (κ1) is 46.6. The van der Waals surface area contributed by atoms with Gasteiger partial charge in [-0.05, 0) is 74.2 Å². The Bertz CT molecular complexity index is 1680. The molecule has 2 heterocycles. The molecule has 2 aliphatic rings. The van der Waals surface area contributed by atoms with Crippen LogP contribution in [0.3, 0.4) is 0 Å². The Kier molecular flexibility index (Phi) is 18.9. The quantitative estimate of drug-likeness (QED) is 0.108. The second-order valence-corrected chi connectivity index (χ2v) is 16.1. The number of halogens is 2. The molecule has 6 rings (SSSR count). The van der Waals surface area contributed by atoms with E-state index in [0.29, 0.717) is 0 Å². The van der Waals surface area contributed by atoms with Crippen LogP contribution in [0.25, 0.3) is 0 Å². The van der Waals surface area contributed by atoms with Crippen LogP contribution in [-0.2, 0) is 13.1 Å². The average Bonchev–Trinajstić information content (AvgIpc) is 3.25. The van der Waals surface area contributed by atoms with E-state index in [1.165, 1.54) is 62.5 Å². The molecule has 314 valence electrons. The number of ether oxygens (including phenoxy) is 2. The van der Waals surface area contributed by atoms with Crippen LogP contribution in [0.15, 0.2) is 109 Å². The molecule has 4 aromatic carbocycles. The molecule has 2 saturated heterocycles. The van der Waals surface area contributed by atoms with Crippen molar-refractivity contribution in [1.82, 2.24) is 9.80 Å². The standard InChI is InChI=1S/C48H64N4O4.2ClH/c1-55-45-27-17-15-25-43(45)39-51(35-29-49(30-36-51)47(53)41-21-11-9-12-22-41)33-19-7-5-3-4-6-8-20-34-52(40-44-26-16-18-28-46(44)56-2)37-31-50(32-38-52)48(54)42-23-13-10-14-24-42;;/h9-18,21-28H,3-8,19-20,29-40H2,1-2H3;2*1H/q+2;;/p-2. The summed E-state index contributed by atoms with van der Waals surface area (Å²) in [4.78, 5) is 30.6. The predicted octanol–water partition coefficient (Wildman–Crippen LogP) is 2.48. The summed E-state index contributed by atoms with van der Waals surface area (Å²) >= 11 is 0. The fraction of sp³-hybridized carbons (Fsp3) is 0.458. The van der Waals surface area contributed by atoms with Crippen molar-refractivity contribution < 1.29 is 52.8 Å². The monoisotopic (exact) mass is 830 g/mol. The Hall–Kier alpha value is -4.08. The highest BCUT2D eigenvalue weighted by Crippen LogP contribution is 2.29. The van der Waals surface area contributed by atoms with E-state index in [2.05, 4.69) is 36.4 Å². The maximum absolute atomic E-state index is 13.2. The van der Waals surface area contributed by atoms with E-state index >= 15 is 0 Å². The number of carbonyl (C=O) groups is 2. The summed E-state index contributed by atoms with van der Waals surface area (Å²) in [5.74, 6) is 2.21. The zero-order valence-electron chi connectivity index (χ0n) is 34.7. The molecule has 0 spiro atoms. The average molecular weight is 832 g/mol. The van der Waals surface area contributed by atoms with Gasteiger partial charge in [0, 0.05) is 22.3 Å². The van der Waals surface area contributed by atoms with Crippen LogP contribution < -0.4 is 34.3 Å². The van der Waals surface area contributed by atoms with Crippen molar-refractivity contribution in [2.45, 2.75) is 64.5 Å². The van der Waals surface area contributed by atoms with Crippen LogP contribution >= 0.6 is 0 Å². The highest BCUT2D eigenvalue weighted by molar-refractivity contribution is 5.94. The molecule has 10 heteroatoms. The first-order valence-corrected chi connectivity index (χ1v) is 21.1. The van der Waals surface area contributed by atoms with Gasteiger partial charge in [0.05, 0.1) is 79.7 Å². The van der Waals surface area contributed by atoms with E-state index in [0.717, 1.165) is 110 Å². The van der Waals surface area contributed by atoms with Gasteiger partial charge in [0.2, 0.25) is 0 Å². The molecule has 4 aromatic rings. The Morgan fingerprint density at radius 2 is 0.776 bits per heavy atom. The number of quaternary nitrogens is 2. The second-order valence-electron chi connectivity index (χ2n) is 16.1. The summed E-state index contributed by atoms with van der Waals surface area (Å²) in [6, 6.07) is 36.3. The van der Waals surface area contributed by atoms with Gasteiger partial charge in [-0.15, -0.1) is 0 Å². The largest absolute Gasteiger partial charge is 1.00 e. The number of hydrogen-bond donors (Lipinski definition) is 0. The lowest BCUT2D eigenvalue weighted by Gasteiger charge is -2.45. The summed E-state index contributed by atoms with van der Waals surface area (Å²) in [5.41, 5.74) is 4.07. The zero-order chi connectivity index (χ0) is 39.1. The highest BCUT2D eigenvalue weighted by Gasteiger charge is 2.37. The third-order valence-electron chi connectivity index (χ3n) is 12.4. The molecule has 0 N–H and O–H groups in total. The first-order valence-electron chi connectivity index (χ1n) is 21.1. The Morgan fingerprint density at radius 3 is 1.12 bits per heavy atom. The van der Waals surface area contributed by atoms with E-state index in [1.807, 2.05) is 82.6 Å². The fourth-order valence-corrected chi connectivity index (χ4v) is 8.98. The number of para-hydroxylation sites is 2. The minimum atomic E-state index is 0. The Balaban J connectivity index is 0.00000372. The third kappa shape index (κ3) is 12.7. The molecule has 8 nitrogen and oxygen atoms in total. The SMILES string of the molecule is COc1ccccc1C[N+]1(CCCCCCCCCC[N+]2(Cc3ccccc3OC)CCN(C(=O)c3ccccc3)CC2)CCN(C(=O)c2ccccc2)CC1.[Cl-].[Cl-]. The number of unbranched alkanes of at least 4 members (excludes halogenated alkanes) is 7. The van der Waals surface area contributed by atoms with E-state index in [4.69, 9.17) is 9.47 Å². The number of amides is 2. The molecule has 2 aliphatic heterocycles. The molecule has 0 bridgehead atoms. The van der Waals surface area contributed by atoms with Gasteiger partial charge >= 0.3 is 0 Å². The maximum Gasteiger partial charge on any atom is 0.254 e. The number of piperazine rings is 2. The van der Waals surface area contributed by atoms with Crippen molar-refractivity contribution in [2.24, 2.45) is 0 Å². The number of carbonyl (C=O) groups excluding carboxylic acids is 2. The van der Waals surface area contributed by atoms with E-state index < -0.39 is 0 Å². The van der Waals surface area contributed by atoms with Gasteiger partial charge in [-0.3, -0.25) is 9.59 Å². The van der Waals surface area contributed by atoms with Crippen LogP contribution in [0.5, 0.6) is 11.5 Å². The molecule has 0 aromatic heterocycles. The van der Waals surface area contributed by atoms with Gasteiger partial charge in [-0.2, -0.15) is 0 Å². The molecular formula is C48H64Cl2N4O4. The third-order valence-corrected chi connectivity index (χ3v) is 12.4. The van der Waals surface area contributed by atoms with Crippen LogP contribution in [-0.4, -0.2) is 110 Å². The minimum Gasteiger partial charge on any atom is -1.00 e. The van der Waals surface area contributed by atoms with Gasteiger partial charge in [-0.1, -0.05) is 86.3 Å². The summed E-state index contributed by atoms with van der Waals surface area (Å²) in [7, 11) is 3.53. The topological polar surface area (TPSA) is 59.1 Å². The predicted molar refractivity (Wildman–Crippen MR) is 225 cm³/mol. The van der Waals surface area contributed by atoms with Gasteiger partial charge in [0.1, 0.15) is 24.6 Å². The van der Waals surface area contributed by atoms with Crippen molar-refractivity contribution in [3.05, 3.63) is 131 Å². The number of benzene rings is 4.